The largest absolute Gasteiger partial charge is 0.482 e. The maximum atomic E-state index is 12.1. The first-order valence-corrected chi connectivity index (χ1v) is 9.67. The van der Waals surface area contributed by atoms with Crippen LogP contribution in [-0.4, -0.2) is 21.9 Å². The molecule has 2 aromatic heterocycles. The number of carbonyl (C=O) groups excluding carboxylic acids is 1. The number of hydrogen-bond acceptors (Lipinski definition) is 3. The molecule has 4 rings (SSSR count). The summed E-state index contributed by atoms with van der Waals surface area (Å²) in [6, 6.07) is 16.4. The topological polar surface area (TPSA) is 55.6 Å². The van der Waals surface area contributed by atoms with Gasteiger partial charge in [0.15, 0.2) is 6.61 Å². The highest BCUT2D eigenvalue weighted by molar-refractivity contribution is 6.35. The van der Waals surface area contributed by atoms with Crippen molar-refractivity contribution in [2.45, 2.75) is 6.92 Å². The highest BCUT2D eigenvalue weighted by Crippen LogP contribution is 2.27. The van der Waals surface area contributed by atoms with E-state index in [1.807, 2.05) is 60.1 Å². The standard InChI is InChI=1S/C22H17Cl2N3O2/c1-14-8-9-27-12-19(26-21(27)10-14)15-2-5-17(6-3-15)25-22(28)13-29-20-7-4-16(23)11-18(20)24/h2-12H,13H2,1H3,(H,25,28). The van der Waals surface area contributed by atoms with E-state index in [4.69, 9.17) is 27.9 Å². The fourth-order valence-corrected chi connectivity index (χ4v) is 3.34. The van der Waals surface area contributed by atoms with E-state index in [1.54, 1.807) is 18.2 Å². The van der Waals surface area contributed by atoms with E-state index >= 15 is 0 Å². The maximum Gasteiger partial charge on any atom is 0.262 e. The Morgan fingerprint density at radius 1 is 1.10 bits per heavy atom. The summed E-state index contributed by atoms with van der Waals surface area (Å²) in [6.45, 7) is 1.88. The van der Waals surface area contributed by atoms with E-state index in [-0.39, 0.29) is 12.5 Å². The molecular weight excluding hydrogens is 409 g/mol. The quantitative estimate of drug-likeness (QED) is 0.450. The maximum absolute atomic E-state index is 12.1. The van der Waals surface area contributed by atoms with Gasteiger partial charge in [0.2, 0.25) is 0 Å². The van der Waals surface area contributed by atoms with Crippen LogP contribution in [0.1, 0.15) is 5.56 Å². The van der Waals surface area contributed by atoms with Crippen LogP contribution < -0.4 is 10.1 Å². The second-order valence-electron chi connectivity index (χ2n) is 6.58. The Kier molecular flexibility index (Phi) is 5.43. The number of ether oxygens (including phenoxy) is 1. The van der Waals surface area contributed by atoms with Crippen LogP contribution in [0.4, 0.5) is 5.69 Å². The minimum atomic E-state index is -0.285. The smallest absolute Gasteiger partial charge is 0.262 e. The van der Waals surface area contributed by atoms with Crippen LogP contribution in [0.25, 0.3) is 16.9 Å². The van der Waals surface area contributed by atoms with Gasteiger partial charge in [0.25, 0.3) is 5.91 Å². The van der Waals surface area contributed by atoms with Crippen LogP contribution in [0.2, 0.25) is 10.0 Å². The average molecular weight is 426 g/mol. The first-order valence-electron chi connectivity index (χ1n) is 8.91. The van der Waals surface area contributed by atoms with Crippen molar-refractivity contribution in [3.05, 3.63) is 82.6 Å². The van der Waals surface area contributed by atoms with Crippen molar-refractivity contribution in [1.82, 2.24) is 9.38 Å². The van der Waals surface area contributed by atoms with Crippen molar-refractivity contribution in [2.75, 3.05) is 11.9 Å². The van der Waals surface area contributed by atoms with Crippen LogP contribution in [-0.2, 0) is 4.79 Å². The molecule has 2 heterocycles. The Balaban J connectivity index is 1.40. The highest BCUT2D eigenvalue weighted by atomic mass is 35.5. The van der Waals surface area contributed by atoms with Gasteiger partial charge >= 0.3 is 0 Å². The summed E-state index contributed by atoms with van der Waals surface area (Å²) in [7, 11) is 0. The summed E-state index contributed by atoms with van der Waals surface area (Å²) in [5.41, 5.74) is 4.57. The van der Waals surface area contributed by atoms with Gasteiger partial charge in [-0.3, -0.25) is 4.79 Å². The lowest BCUT2D eigenvalue weighted by molar-refractivity contribution is -0.118. The van der Waals surface area contributed by atoms with Gasteiger partial charge in [-0.1, -0.05) is 35.3 Å². The van der Waals surface area contributed by atoms with E-state index < -0.39 is 0 Å². The van der Waals surface area contributed by atoms with Gasteiger partial charge in [-0.15, -0.1) is 0 Å². The Hall–Kier alpha value is -3.02. The summed E-state index contributed by atoms with van der Waals surface area (Å²) in [4.78, 5) is 16.8. The molecule has 0 aliphatic rings. The Morgan fingerprint density at radius 3 is 2.66 bits per heavy atom. The number of benzene rings is 2. The molecule has 0 spiro atoms. The lowest BCUT2D eigenvalue weighted by Gasteiger charge is -2.09. The highest BCUT2D eigenvalue weighted by Gasteiger charge is 2.08. The third kappa shape index (κ3) is 4.53. The average Bonchev–Trinajstić information content (AvgIpc) is 3.11. The second-order valence-corrected chi connectivity index (χ2v) is 7.43. The van der Waals surface area contributed by atoms with Crippen LogP contribution in [0.3, 0.4) is 0 Å². The molecule has 146 valence electrons. The minimum Gasteiger partial charge on any atom is -0.482 e. The van der Waals surface area contributed by atoms with E-state index in [0.29, 0.717) is 21.5 Å². The molecule has 7 heteroatoms. The Labute approximate surface area is 177 Å². The summed E-state index contributed by atoms with van der Waals surface area (Å²) in [5, 5.41) is 3.66. The molecule has 2 aromatic carbocycles. The molecule has 29 heavy (non-hydrogen) atoms. The van der Waals surface area contributed by atoms with Crippen LogP contribution >= 0.6 is 23.2 Å². The summed E-state index contributed by atoms with van der Waals surface area (Å²) in [5.74, 6) is 0.121. The number of nitrogens with one attached hydrogen (secondary N) is 1. The normalized spacial score (nSPS) is 10.9. The number of hydrogen-bond donors (Lipinski definition) is 1. The lowest BCUT2D eigenvalue weighted by atomic mass is 10.1. The fraction of sp³-hybridized carbons (Fsp3) is 0.0909. The van der Waals surface area contributed by atoms with Crippen LogP contribution in [0.5, 0.6) is 5.75 Å². The molecule has 0 bridgehead atoms. The van der Waals surface area contributed by atoms with Gasteiger partial charge in [-0.2, -0.15) is 0 Å². The van der Waals surface area contributed by atoms with E-state index in [2.05, 4.69) is 10.3 Å². The predicted molar refractivity (Wildman–Crippen MR) is 116 cm³/mol. The zero-order valence-corrected chi connectivity index (χ0v) is 17.0. The second kappa shape index (κ2) is 8.15. The molecule has 0 saturated heterocycles. The predicted octanol–water partition coefficient (Wildman–Crippen LogP) is 5.63. The fourth-order valence-electron chi connectivity index (χ4n) is 2.88. The van der Waals surface area contributed by atoms with Gasteiger partial charge in [0.1, 0.15) is 11.4 Å². The van der Waals surface area contributed by atoms with Gasteiger partial charge in [0, 0.05) is 28.7 Å². The van der Waals surface area contributed by atoms with Gasteiger partial charge in [0.05, 0.1) is 10.7 Å². The first-order chi connectivity index (χ1) is 14.0. The number of anilines is 1. The summed E-state index contributed by atoms with van der Waals surface area (Å²) in [6.07, 6.45) is 3.97. The van der Waals surface area contributed by atoms with Gasteiger partial charge in [-0.05, 0) is 55.0 Å². The number of aromatic nitrogens is 2. The Bertz CT molecular complexity index is 1190. The van der Waals surface area contributed by atoms with Crippen LogP contribution in [0, 0.1) is 6.92 Å². The van der Waals surface area contributed by atoms with Gasteiger partial charge < -0.3 is 14.5 Å². The van der Waals surface area contributed by atoms with Crippen molar-refractivity contribution >= 4 is 40.4 Å². The van der Waals surface area contributed by atoms with Crippen molar-refractivity contribution < 1.29 is 9.53 Å². The monoisotopic (exact) mass is 425 g/mol. The lowest BCUT2D eigenvalue weighted by Crippen LogP contribution is -2.20. The van der Waals surface area contributed by atoms with Crippen molar-refractivity contribution in [3.8, 4) is 17.0 Å². The number of pyridine rings is 1. The third-order valence-electron chi connectivity index (χ3n) is 4.33. The zero-order chi connectivity index (χ0) is 20.4. The van der Waals surface area contributed by atoms with Gasteiger partial charge in [-0.25, -0.2) is 4.98 Å². The third-order valence-corrected chi connectivity index (χ3v) is 4.86. The first kappa shape index (κ1) is 19.3. The molecule has 0 unspecified atom stereocenters. The number of aryl methyl sites for hydroxylation is 1. The molecule has 1 N–H and O–H groups in total. The molecule has 0 fully saturated rings. The number of nitrogens with zero attached hydrogens (tertiary/aromatic N) is 2. The molecular formula is C22H17Cl2N3O2. The number of halogens is 2. The van der Waals surface area contributed by atoms with E-state index in [0.717, 1.165) is 22.5 Å². The van der Waals surface area contributed by atoms with Crippen molar-refractivity contribution in [3.63, 3.8) is 0 Å². The number of imidazole rings is 1. The van der Waals surface area contributed by atoms with E-state index in [9.17, 15) is 4.79 Å². The SMILES string of the molecule is Cc1ccn2cc(-c3ccc(NC(=O)COc4ccc(Cl)cc4Cl)cc3)nc2c1. The Morgan fingerprint density at radius 2 is 1.90 bits per heavy atom. The van der Waals surface area contributed by atoms with Crippen molar-refractivity contribution in [2.24, 2.45) is 0 Å². The number of fused-ring (bicyclic) bond motifs is 1. The van der Waals surface area contributed by atoms with E-state index in [1.165, 1.54) is 0 Å². The summed E-state index contributed by atoms with van der Waals surface area (Å²) < 4.78 is 7.43. The number of amides is 1. The number of rotatable bonds is 5. The summed E-state index contributed by atoms with van der Waals surface area (Å²) >= 11 is 11.9. The molecule has 0 radical (unpaired) electrons. The molecule has 1 amide bonds. The molecule has 0 aliphatic heterocycles. The molecule has 0 aliphatic carbocycles. The molecule has 4 aromatic rings. The minimum absolute atomic E-state index is 0.158. The molecule has 5 nitrogen and oxygen atoms in total. The zero-order valence-electron chi connectivity index (χ0n) is 15.5. The number of carbonyl (C=O) groups is 1. The van der Waals surface area contributed by atoms with Crippen molar-refractivity contribution in [1.29, 1.82) is 0 Å². The van der Waals surface area contributed by atoms with Crippen LogP contribution in [0.15, 0.2) is 67.0 Å². The molecule has 0 saturated carbocycles. The molecule has 0 atom stereocenters.